The van der Waals surface area contributed by atoms with Gasteiger partial charge in [-0.25, -0.2) is 0 Å². The van der Waals surface area contributed by atoms with Crippen molar-refractivity contribution in [1.82, 2.24) is 0 Å². The lowest BCUT2D eigenvalue weighted by Crippen LogP contribution is -2.06. The largest absolute Gasteiger partial charge is 0.497 e. The van der Waals surface area contributed by atoms with E-state index in [1.165, 1.54) is 22.3 Å². The fraction of sp³-hybridized carbons (Fsp3) is 0.185. The van der Waals surface area contributed by atoms with Gasteiger partial charge in [0, 0.05) is 0 Å². The van der Waals surface area contributed by atoms with Gasteiger partial charge in [-0.15, -0.1) is 6.58 Å². The van der Waals surface area contributed by atoms with E-state index in [1.54, 1.807) is 7.11 Å². The fourth-order valence-electron chi connectivity index (χ4n) is 3.66. The van der Waals surface area contributed by atoms with Gasteiger partial charge < -0.3 is 4.74 Å². The minimum atomic E-state index is 0.348. The van der Waals surface area contributed by atoms with Crippen molar-refractivity contribution in [1.29, 1.82) is 0 Å². The van der Waals surface area contributed by atoms with E-state index >= 15 is 0 Å². The van der Waals surface area contributed by atoms with Gasteiger partial charge in [-0.05, 0) is 65.6 Å². The summed E-state index contributed by atoms with van der Waals surface area (Å²) in [6.07, 6.45) is 3.89. The van der Waals surface area contributed by atoms with Crippen LogP contribution in [0.5, 0.6) is 5.75 Å². The Labute approximate surface area is 169 Å². The molecule has 0 heterocycles. The molecule has 0 saturated heterocycles. The molecule has 0 saturated carbocycles. The summed E-state index contributed by atoms with van der Waals surface area (Å²) in [5.41, 5.74) is 7.35. The van der Waals surface area contributed by atoms with Gasteiger partial charge >= 0.3 is 0 Å². The van der Waals surface area contributed by atoms with Crippen molar-refractivity contribution in [3.8, 4) is 5.75 Å². The van der Waals surface area contributed by atoms with Crippen molar-refractivity contribution in [2.24, 2.45) is 0 Å². The molecule has 1 heteroatoms. The second kappa shape index (κ2) is 9.23. The Bertz CT molecular complexity index is 936. The topological polar surface area (TPSA) is 9.23 Å². The molecule has 1 atom stereocenters. The predicted octanol–water partition coefficient (Wildman–Crippen LogP) is 6.97. The monoisotopic (exact) mass is 368 g/mol. The summed E-state index contributed by atoms with van der Waals surface area (Å²) in [7, 11) is 1.70. The summed E-state index contributed by atoms with van der Waals surface area (Å²) >= 11 is 0. The Morgan fingerprint density at radius 1 is 1.00 bits per heavy atom. The number of rotatable bonds is 8. The minimum Gasteiger partial charge on any atom is -0.497 e. The third kappa shape index (κ3) is 4.61. The second-order valence-electron chi connectivity index (χ2n) is 7.21. The molecule has 0 aromatic heterocycles. The third-order valence-corrected chi connectivity index (χ3v) is 5.19. The molecular weight excluding hydrogens is 340 g/mol. The van der Waals surface area contributed by atoms with Gasteiger partial charge in [-0.2, -0.15) is 0 Å². The van der Waals surface area contributed by atoms with Crippen LogP contribution in [-0.4, -0.2) is 7.11 Å². The van der Waals surface area contributed by atoms with E-state index in [2.05, 4.69) is 74.7 Å². The van der Waals surface area contributed by atoms with E-state index in [0.29, 0.717) is 5.92 Å². The molecular formula is C27H28O. The summed E-state index contributed by atoms with van der Waals surface area (Å²) in [5, 5.41) is 0. The first-order valence-electron chi connectivity index (χ1n) is 9.71. The van der Waals surface area contributed by atoms with Crippen LogP contribution < -0.4 is 4.74 Å². The number of allylic oxidation sites excluding steroid dienone is 1. The maximum Gasteiger partial charge on any atom is 0.118 e. The highest BCUT2D eigenvalue weighted by molar-refractivity contribution is 5.80. The molecule has 3 aromatic carbocycles. The quantitative estimate of drug-likeness (QED) is 0.390. The van der Waals surface area contributed by atoms with Gasteiger partial charge in [0.25, 0.3) is 0 Å². The van der Waals surface area contributed by atoms with Crippen LogP contribution in [0, 0.1) is 6.92 Å². The second-order valence-corrected chi connectivity index (χ2v) is 7.21. The van der Waals surface area contributed by atoms with E-state index < -0.39 is 0 Å². The number of aryl methyl sites for hydroxylation is 1. The van der Waals surface area contributed by atoms with Crippen molar-refractivity contribution >= 4 is 5.57 Å². The van der Waals surface area contributed by atoms with Gasteiger partial charge in [0.2, 0.25) is 0 Å². The van der Waals surface area contributed by atoms with Crippen LogP contribution in [0.25, 0.3) is 5.57 Å². The molecule has 1 nitrogen and oxygen atoms in total. The number of methoxy groups -OCH3 is 1. The van der Waals surface area contributed by atoms with Crippen LogP contribution in [0.1, 0.15) is 40.2 Å². The van der Waals surface area contributed by atoms with E-state index in [4.69, 9.17) is 4.74 Å². The van der Waals surface area contributed by atoms with Crippen molar-refractivity contribution in [2.75, 3.05) is 7.11 Å². The molecule has 0 N–H and O–H groups in total. The first-order chi connectivity index (χ1) is 13.6. The Morgan fingerprint density at radius 3 is 2.36 bits per heavy atom. The SMILES string of the molecule is C=CCC(Cc1ccc(OC)cc1)c1cc(C)ccc1C(=C)c1ccccc1. The van der Waals surface area contributed by atoms with Crippen LogP contribution >= 0.6 is 0 Å². The summed E-state index contributed by atoms with van der Waals surface area (Å²) in [6, 6.07) is 25.5. The molecule has 0 bridgehead atoms. The Balaban J connectivity index is 1.98. The summed E-state index contributed by atoms with van der Waals surface area (Å²) in [5.74, 6) is 1.24. The average Bonchev–Trinajstić information content (AvgIpc) is 2.74. The number of benzene rings is 3. The van der Waals surface area contributed by atoms with Crippen molar-refractivity contribution in [3.63, 3.8) is 0 Å². The minimum absolute atomic E-state index is 0.348. The lowest BCUT2D eigenvalue weighted by atomic mass is 9.82. The molecule has 0 aliphatic rings. The highest BCUT2D eigenvalue weighted by atomic mass is 16.5. The smallest absolute Gasteiger partial charge is 0.118 e. The lowest BCUT2D eigenvalue weighted by Gasteiger charge is -2.22. The average molecular weight is 369 g/mol. The molecule has 3 rings (SSSR count). The molecule has 28 heavy (non-hydrogen) atoms. The van der Waals surface area contributed by atoms with Gasteiger partial charge in [0.05, 0.1) is 7.11 Å². The fourth-order valence-corrected chi connectivity index (χ4v) is 3.66. The molecule has 0 aliphatic carbocycles. The van der Waals surface area contributed by atoms with Crippen LogP contribution in [0.4, 0.5) is 0 Å². The van der Waals surface area contributed by atoms with E-state index in [0.717, 1.165) is 29.7 Å². The molecule has 0 spiro atoms. The molecule has 142 valence electrons. The molecule has 3 aromatic rings. The zero-order chi connectivity index (χ0) is 19.9. The number of hydrogen-bond donors (Lipinski definition) is 0. The van der Waals surface area contributed by atoms with Crippen LogP contribution in [-0.2, 0) is 6.42 Å². The first-order valence-corrected chi connectivity index (χ1v) is 9.71. The maximum absolute atomic E-state index is 5.29. The zero-order valence-electron chi connectivity index (χ0n) is 16.8. The highest BCUT2D eigenvalue weighted by Gasteiger charge is 2.17. The van der Waals surface area contributed by atoms with Crippen molar-refractivity contribution in [3.05, 3.63) is 120 Å². The zero-order valence-corrected chi connectivity index (χ0v) is 16.8. The van der Waals surface area contributed by atoms with E-state index in [9.17, 15) is 0 Å². The molecule has 0 fully saturated rings. The summed E-state index contributed by atoms with van der Waals surface area (Å²) in [6.45, 7) is 10.6. The molecule has 0 aliphatic heterocycles. The Kier molecular flexibility index (Phi) is 6.49. The predicted molar refractivity (Wildman–Crippen MR) is 120 cm³/mol. The first kappa shape index (κ1) is 19.7. The lowest BCUT2D eigenvalue weighted by molar-refractivity contribution is 0.414. The van der Waals surface area contributed by atoms with Crippen LogP contribution in [0.2, 0.25) is 0 Å². The molecule has 1 unspecified atom stereocenters. The van der Waals surface area contributed by atoms with E-state index in [-0.39, 0.29) is 0 Å². The van der Waals surface area contributed by atoms with Gasteiger partial charge in [-0.1, -0.05) is 78.9 Å². The summed E-state index contributed by atoms with van der Waals surface area (Å²) < 4.78 is 5.29. The Morgan fingerprint density at radius 2 is 1.71 bits per heavy atom. The maximum atomic E-state index is 5.29. The highest BCUT2D eigenvalue weighted by Crippen LogP contribution is 2.34. The van der Waals surface area contributed by atoms with Gasteiger partial charge in [-0.3, -0.25) is 0 Å². The number of ether oxygens (including phenoxy) is 1. The normalized spacial score (nSPS) is 11.6. The van der Waals surface area contributed by atoms with Crippen molar-refractivity contribution in [2.45, 2.75) is 25.7 Å². The molecule has 0 radical (unpaired) electrons. The van der Waals surface area contributed by atoms with E-state index in [1.807, 2.05) is 24.3 Å². The number of hydrogen-bond acceptors (Lipinski definition) is 1. The standard InChI is InChI=1S/C27H28O/c1-5-9-24(19-22-13-15-25(28-4)16-14-22)27-18-20(2)12-17-26(27)21(3)23-10-7-6-8-11-23/h5-8,10-18,24H,1,3,9,19H2,2,4H3. The van der Waals surface area contributed by atoms with Gasteiger partial charge in [0.1, 0.15) is 5.75 Å². The third-order valence-electron chi connectivity index (χ3n) is 5.19. The molecule has 0 amide bonds. The van der Waals surface area contributed by atoms with Crippen LogP contribution in [0.15, 0.2) is 92.0 Å². The van der Waals surface area contributed by atoms with Crippen LogP contribution in [0.3, 0.4) is 0 Å². The Hall–Kier alpha value is -3.06. The van der Waals surface area contributed by atoms with Crippen molar-refractivity contribution < 1.29 is 4.74 Å². The van der Waals surface area contributed by atoms with Gasteiger partial charge in [0.15, 0.2) is 0 Å². The summed E-state index contributed by atoms with van der Waals surface area (Å²) in [4.78, 5) is 0.